The molecule has 2 N–H and O–H groups in total. The van der Waals surface area contributed by atoms with Crippen molar-refractivity contribution in [1.29, 1.82) is 0 Å². The van der Waals surface area contributed by atoms with Gasteiger partial charge in [-0.2, -0.15) is 8.42 Å². The fourth-order valence-corrected chi connectivity index (χ4v) is 0.794. The Kier molecular flexibility index (Phi) is 6.17. The molecule has 0 fully saturated rings. The summed E-state index contributed by atoms with van der Waals surface area (Å²) in [4.78, 5) is 0. The highest BCUT2D eigenvalue weighted by Gasteiger charge is 2.16. The van der Waals surface area contributed by atoms with Crippen LogP contribution in [0.4, 0.5) is 0 Å². The van der Waals surface area contributed by atoms with Gasteiger partial charge in [0.2, 0.25) is 0 Å². The zero-order valence-electron chi connectivity index (χ0n) is 7.34. The fraction of sp³-hybridized carbons (Fsp3) is 1.00. The second-order valence-corrected chi connectivity index (χ2v) is 3.98. The van der Waals surface area contributed by atoms with Gasteiger partial charge in [-0.25, -0.2) is 0 Å². The molecule has 80 valence electrons. The van der Waals surface area contributed by atoms with Crippen LogP contribution in [0.1, 0.15) is 6.92 Å². The molecular formula is C6H14O6S. The van der Waals surface area contributed by atoms with E-state index in [0.717, 1.165) is 0 Å². The molecule has 0 aromatic carbocycles. The van der Waals surface area contributed by atoms with Crippen LogP contribution in [-0.4, -0.2) is 49.9 Å². The molecule has 0 aliphatic rings. The maximum Gasteiger partial charge on any atom is 0.291 e. The second-order valence-electron chi connectivity index (χ2n) is 2.29. The Labute approximate surface area is 77.2 Å². The molecule has 6 nitrogen and oxygen atoms in total. The van der Waals surface area contributed by atoms with Crippen molar-refractivity contribution in [2.45, 2.75) is 12.4 Å². The van der Waals surface area contributed by atoms with Gasteiger partial charge in [-0.3, -0.25) is 4.55 Å². The number of hydrogen-bond acceptors (Lipinski definition) is 5. The molecule has 1 unspecified atom stereocenters. The molecule has 0 rings (SSSR count). The quantitative estimate of drug-likeness (QED) is 0.427. The van der Waals surface area contributed by atoms with Gasteiger partial charge in [-0.05, 0) is 6.92 Å². The van der Waals surface area contributed by atoms with Gasteiger partial charge in [-0.15, -0.1) is 0 Å². The van der Waals surface area contributed by atoms with Crippen molar-refractivity contribution in [2.75, 3.05) is 26.4 Å². The summed E-state index contributed by atoms with van der Waals surface area (Å²) < 4.78 is 38.8. The third kappa shape index (κ3) is 6.91. The smallest absolute Gasteiger partial charge is 0.291 e. The minimum atomic E-state index is -4.12. The first kappa shape index (κ1) is 12.8. The normalized spacial score (nSPS) is 14.4. The number of aliphatic hydroxyl groups is 1. The average molecular weight is 214 g/mol. The van der Waals surface area contributed by atoms with Crippen LogP contribution >= 0.6 is 0 Å². The molecule has 7 heteroatoms. The first-order chi connectivity index (χ1) is 5.98. The first-order valence-corrected chi connectivity index (χ1v) is 5.25. The Balaban J connectivity index is 3.44. The first-order valence-electron chi connectivity index (χ1n) is 3.75. The van der Waals surface area contributed by atoms with Gasteiger partial charge >= 0.3 is 0 Å². The molecule has 0 aromatic rings. The third-order valence-corrected chi connectivity index (χ3v) is 2.21. The largest absolute Gasteiger partial charge is 0.394 e. The summed E-state index contributed by atoms with van der Waals surface area (Å²) >= 11 is 0. The predicted molar refractivity (Wildman–Crippen MR) is 44.9 cm³/mol. The molecule has 13 heavy (non-hydrogen) atoms. The van der Waals surface area contributed by atoms with E-state index >= 15 is 0 Å². The van der Waals surface area contributed by atoms with E-state index in [1.165, 1.54) is 6.92 Å². The standard InChI is InChI=1S/C6H14O6S/c1-6(13(8,9)10)12-5-4-11-3-2-7/h6-7H,2-5H2,1H3,(H,8,9,10). The summed E-state index contributed by atoms with van der Waals surface area (Å²) in [6.07, 6.45) is 0. The third-order valence-electron chi connectivity index (χ3n) is 1.24. The van der Waals surface area contributed by atoms with Crippen molar-refractivity contribution in [2.24, 2.45) is 0 Å². The van der Waals surface area contributed by atoms with Crippen LogP contribution in [0, 0.1) is 0 Å². The molecule has 1 atom stereocenters. The minimum Gasteiger partial charge on any atom is -0.394 e. The Hall–Kier alpha value is -0.210. The number of rotatable bonds is 7. The van der Waals surface area contributed by atoms with Gasteiger partial charge in [0, 0.05) is 0 Å². The van der Waals surface area contributed by atoms with E-state index in [1.54, 1.807) is 0 Å². The van der Waals surface area contributed by atoms with Crippen LogP contribution in [0.2, 0.25) is 0 Å². The molecule has 0 spiro atoms. The van der Waals surface area contributed by atoms with E-state index < -0.39 is 15.6 Å². The summed E-state index contributed by atoms with van der Waals surface area (Å²) in [5, 5.41) is 8.30. The van der Waals surface area contributed by atoms with Gasteiger partial charge < -0.3 is 14.6 Å². The molecule has 0 radical (unpaired) electrons. The lowest BCUT2D eigenvalue weighted by Gasteiger charge is -2.09. The van der Waals surface area contributed by atoms with Crippen molar-refractivity contribution in [3.63, 3.8) is 0 Å². The van der Waals surface area contributed by atoms with Crippen molar-refractivity contribution >= 4 is 10.1 Å². The Bertz CT molecular complexity index is 211. The van der Waals surface area contributed by atoms with Crippen molar-refractivity contribution in [3.8, 4) is 0 Å². The highest BCUT2D eigenvalue weighted by molar-refractivity contribution is 7.86. The molecule has 0 heterocycles. The van der Waals surface area contributed by atoms with Gasteiger partial charge in [0.25, 0.3) is 10.1 Å². The summed E-state index contributed by atoms with van der Waals surface area (Å²) in [7, 11) is -4.12. The Morgan fingerprint density at radius 3 is 2.38 bits per heavy atom. The summed E-state index contributed by atoms with van der Waals surface area (Å²) in [5.74, 6) is 0. The van der Waals surface area contributed by atoms with E-state index in [0.29, 0.717) is 0 Å². The molecular weight excluding hydrogens is 200 g/mol. The molecule has 0 aliphatic carbocycles. The van der Waals surface area contributed by atoms with Crippen LogP contribution < -0.4 is 0 Å². The Morgan fingerprint density at radius 2 is 1.92 bits per heavy atom. The number of aliphatic hydroxyl groups excluding tert-OH is 1. The summed E-state index contributed by atoms with van der Waals surface area (Å²) in [5.41, 5.74) is -1.25. The lowest BCUT2D eigenvalue weighted by atomic mass is 10.7. The van der Waals surface area contributed by atoms with Crippen LogP contribution in [0.3, 0.4) is 0 Å². The molecule has 0 bridgehead atoms. The maximum atomic E-state index is 10.4. The maximum absolute atomic E-state index is 10.4. The molecule has 0 aromatic heterocycles. The van der Waals surface area contributed by atoms with E-state index in [-0.39, 0.29) is 26.4 Å². The second kappa shape index (κ2) is 6.28. The average Bonchev–Trinajstić information content (AvgIpc) is 2.02. The minimum absolute atomic E-state index is 0.0565. The topological polar surface area (TPSA) is 93.1 Å². The van der Waals surface area contributed by atoms with E-state index in [1.807, 2.05) is 0 Å². The van der Waals surface area contributed by atoms with Gasteiger partial charge in [0.05, 0.1) is 26.4 Å². The van der Waals surface area contributed by atoms with Crippen molar-refractivity contribution in [1.82, 2.24) is 0 Å². The molecule has 0 saturated carbocycles. The van der Waals surface area contributed by atoms with Crippen LogP contribution in [0.5, 0.6) is 0 Å². The monoisotopic (exact) mass is 214 g/mol. The lowest BCUT2D eigenvalue weighted by Crippen LogP contribution is -2.22. The highest BCUT2D eigenvalue weighted by Crippen LogP contribution is 1.98. The molecule has 0 aliphatic heterocycles. The van der Waals surface area contributed by atoms with E-state index in [9.17, 15) is 8.42 Å². The summed E-state index contributed by atoms with van der Waals surface area (Å²) in [6.45, 7) is 1.56. The van der Waals surface area contributed by atoms with Crippen LogP contribution in [0.25, 0.3) is 0 Å². The summed E-state index contributed by atoms with van der Waals surface area (Å²) in [6, 6.07) is 0. The van der Waals surface area contributed by atoms with Gasteiger partial charge in [0.1, 0.15) is 0 Å². The highest BCUT2D eigenvalue weighted by atomic mass is 32.2. The zero-order chi connectivity index (χ0) is 10.3. The van der Waals surface area contributed by atoms with Crippen LogP contribution in [-0.2, 0) is 19.6 Å². The van der Waals surface area contributed by atoms with Crippen LogP contribution in [0.15, 0.2) is 0 Å². The Morgan fingerprint density at radius 1 is 1.31 bits per heavy atom. The van der Waals surface area contributed by atoms with E-state index in [4.69, 9.17) is 19.1 Å². The number of ether oxygens (including phenoxy) is 2. The van der Waals surface area contributed by atoms with Gasteiger partial charge in [-0.1, -0.05) is 0 Å². The van der Waals surface area contributed by atoms with Crippen molar-refractivity contribution < 1.29 is 27.6 Å². The lowest BCUT2D eigenvalue weighted by molar-refractivity contribution is 0.0248. The van der Waals surface area contributed by atoms with Gasteiger partial charge in [0.15, 0.2) is 5.44 Å². The number of hydrogen-bond donors (Lipinski definition) is 2. The SMILES string of the molecule is CC(OCCOCCO)S(=O)(=O)O. The zero-order valence-corrected chi connectivity index (χ0v) is 8.16. The van der Waals surface area contributed by atoms with Crippen molar-refractivity contribution in [3.05, 3.63) is 0 Å². The molecule has 0 amide bonds. The fourth-order valence-electron chi connectivity index (χ4n) is 0.526. The van der Waals surface area contributed by atoms with E-state index in [2.05, 4.69) is 0 Å². The predicted octanol–water partition coefficient (Wildman–Crippen LogP) is -0.754. The molecule has 0 saturated heterocycles.